The average molecular weight is 218 g/mol. The highest BCUT2D eigenvalue weighted by Gasteiger charge is 2.31. The highest BCUT2D eigenvalue weighted by atomic mass is 14.9. The van der Waals surface area contributed by atoms with Crippen molar-refractivity contribution in [2.24, 2.45) is 5.92 Å². The zero-order chi connectivity index (χ0) is 11.5. The van der Waals surface area contributed by atoms with Crippen molar-refractivity contribution in [1.29, 1.82) is 0 Å². The van der Waals surface area contributed by atoms with E-state index in [1.807, 2.05) is 6.92 Å². The molecule has 1 heterocycles. The Hall–Kier alpha value is -0.890. The van der Waals surface area contributed by atoms with Crippen molar-refractivity contribution < 1.29 is 0 Å². The zero-order valence-corrected chi connectivity index (χ0v) is 10.5. The fourth-order valence-electron chi connectivity index (χ4n) is 2.34. The molecule has 1 aliphatic carbocycles. The smallest absolute Gasteiger partial charge is 0.0372 e. The second-order valence-electron chi connectivity index (χ2n) is 5.24. The summed E-state index contributed by atoms with van der Waals surface area (Å²) in [4.78, 5) is 4.39. The molecule has 2 heteroatoms. The third kappa shape index (κ3) is 2.62. The molecule has 1 aromatic heterocycles. The highest BCUT2D eigenvalue weighted by Crippen LogP contribution is 2.41. The van der Waals surface area contributed by atoms with Crippen molar-refractivity contribution in [1.82, 2.24) is 10.3 Å². The molecule has 2 unspecified atom stereocenters. The van der Waals surface area contributed by atoms with Crippen LogP contribution in [-0.4, -0.2) is 17.6 Å². The van der Waals surface area contributed by atoms with Gasteiger partial charge in [0, 0.05) is 17.9 Å². The first-order valence-electron chi connectivity index (χ1n) is 6.32. The fourth-order valence-corrected chi connectivity index (χ4v) is 2.34. The van der Waals surface area contributed by atoms with E-state index >= 15 is 0 Å². The fraction of sp³-hybridized carbons (Fsp3) is 0.643. The van der Waals surface area contributed by atoms with Crippen LogP contribution in [0, 0.1) is 12.8 Å². The molecular weight excluding hydrogens is 196 g/mol. The molecule has 0 bridgehead atoms. The lowest BCUT2D eigenvalue weighted by molar-refractivity contribution is 0.240. The van der Waals surface area contributed by atoms with E-state index in [1.165, 1.54) is 18.4 Å². The molecule has 2 atom stereocenters. The summed E-state index contributed by atoms with van der Waals surface area (Å²) in [5.74, 6) is 1.55. The maximum absolute atomic E-state index is 4.39. The molecular formula is C14H22N2. The Morgan fingerprint density at radius 2 is 2.19 bits per heavy atom. The Morgan fingerprint density at radius 1 is 1.38 bits per heavy atom. The SMILES string of the molecule is Cc1ccc(C2CCC2CNC(C)C)cn1. The topological polar surface area (TPSA) is 24.9 Å². The van der Waals surface area contributed by atoms with Crippen LogP contribution in [0.1, 0.15) is 43.9 Å². The van der Waals surface area contributed by atoms with Gasteiger partial charge < -0.3 is 5.32 Å². The summed E-state index contributed by atoms with van der Waals surface area (Å²) in [5, 5.41) is 3.54. The third-order valence-electron chi connectivity index (χ3n) is 3.57. The molecule has 2 rings (SSSR count). The quantitative estimate of drug-likeness (QED) is 0.840. The van der Waals surface area contributed by atoms with Crippen molar-refractivity contribution in [2.45, 2.75) is 45.6 Å². The predicted octanol–water partition coefficient (Wildman–Crippen LogP) is 2.88. The molecule has 0 aromatic carbocycles. The molecule has 1 fully saturated rings. The first-order valence-corrected chi connectivity index (χ1v) is 6.32. The second-order valence-corrected chi connectivity index (χ2v) is 5.24. The molecule has 88 valence electrons. The van der Waals surface area contributed by atoms with E-state index in [9.17, 15) is 0 Å². The van der Waals surface area contributed by atoms with Gasteiger partial charge in [-0.25, -0.2) is 0 Å². The predicted molar refractivity (Wildman–Crippen MR) is 67.6 cm³/mol. The normalized spacial score (nSPS) is 24.5. The van der Waals surface area contributed by atoms with Gasteiger partial charge in [0.05, 0.1) is 0 Å². The van der Waals surface area contributed by atoms with Crippen LogP contribution in [0.3, 0.4) is 0 Å². The van der Waals surface area contributed by atoms with Crippen LogP contribution < -0.4 is 5.32 Å². The number of nitrogens with zero attached hydrogens (tertiary/aromatic N) is 1. The number of aryl methyl sites for hydroxylation is 1. The molecule has 1 N–H and O–H groups in total. The molecule has 1 saturated carbocycles. The van der Waals surface area contributed by atoms with Crippen LogP contribution in [-0.2, 0) is 0 Å². The molecule has 0 radical (unpaired) electrons. The molecule has 0 amide bonds. The Morgan fingerprint density at radius 3 is 2.69 bits per heavy atom. The summed E-state index contributed by atoms with van der Waals surface area (Å²) in [5.41, 5.74) is 2.53. The molecule has 1 aromatic rings. The van der Waals surface area contributed by atoms with Crippen LogP contribution in [0.25, 0.3) is 0 Å². The number of hydrogen-bond donors (Lipinski definition) is 1. The van der Waals surface area contributed by atoms with Crippen molar-refractivity contribution in [3.8, 4) is 0 Å². The summed E-state index contributed by atoms with van der Waals surface area (Å²) in [7, 11) is 0. The van der Waals surface area contributed by atoms with Crippen molar-refractivity contribution in [3.05, 3.63) is 29.6 Å². The second kappa shape index (κ2) is 4.96. The lowest BCUT2D eigenvalue weighted by atomic mass is 9.70. The first-order chi connectivity index (χ1) is 7.66. The Labute approximate surface area is 98.5 Å². The van der Waals surface area contributed by atoms with Crippen LogP contribution in [0.4, 0.5) is 0 Å². The van der Waals surface area contributed by atoms with Crippen LogP contribution in [0.5, 0.6) is 0 Å². The Kier molecular flexibility index (Phi) is 3.59. The number of nitrogens with one attached hydrogen (secondary N) is 1. The summed E-state index contributed by atoms with van der Waals surface area (Å²) in [6.45, 7) is 7.61. The van der Waals surface area contributed by atoms with Gasteiger partial charge in [-0.1, -0.05) is 19.9 Å². The van der Waals surface area contributed by atoms with E-state index in [-0.39, 0.29) is 0 Å². The molecule has 1 aliphatic rings. The standard InChI is InChI=1S/C14H22N2/c1-10(2)15-8-13-6-7-14(13)12-5-4-11(3)16-9-12/h4-5,9-10,13-15H,6-8H2,1-3H3. The average Bonchev–Trinajstić information content (AvgIpc) is 2.19. The number of rotatable bonds is 4. The van der Waals surface area contributed by atoms with E-state index in [1.54, 1.807) is 0 Å². The van der Waals surface area contributed by atoms with Gasteiger partial charge in [-0.15, -0.1) is 0 Å². The number of pyridine rings is 1. The highest BCUT2D eigenvalue weighted by molar-refractivity contribution is 5.21. The molecule has 0 aliphatic heterocycles. The van der Waals surface area contributed by atoms with E-state index in [4.69, 9.17) is 0 Å². The summed E-state index contributed by atoms with van der Waals surface area (Å²) in [6, 6.07) is 4.96. The summed E-state index contributed by atoms with van der Waals surface area (Å²) in [6.07, 6.45) is 4.75. The Balaban J connectivity index is 1.92. The van der Waals surface area contributed by atoms with Gasteiger partial charge in [0.15, 0.2) is 0 Å². The molecule has 0 spiro atoms. The van der Waals surface area contributed by atoms with E-state index < -0.39 is 0 Å². The van der Waals surface area contributed by atoms with Gasteiger partial charge >= 0.3 is 0 Å². The maximum atomic E-state index is 4.39. The van der Waals surface area contributed by atoms with E-state index in [0.29, 0.717) is 6.04 Å². The van der Waals surface area contributed by atoms with Gasteiger partial charge in [-0.3, -0.25) is 4.98 Å². The molecule has 16 heavy (non-hydrogen) atoms. The number of aromatic nitrogens is 1. The minimum atomic E-state index is 0.595. The minimum absolute atomic E-state index is 0.595. The maximum Gasteiger partial charge on any atom is 0.0372 e. The van der Waals surface area contributed by atoms with Gasteiger partial charge in [0.1, 0.15) is 0 Å². The zero-order valence-electron chi connectivity index (χ0n) is 10.5. The third-order valence-corrected chi connectivity index (χ3v) is 3.57. The Bertz CT molecular complexity index is 329. The van der Waals surface area contributed by atoms with Crippen LogP contribution in [0.2, 0.25) is 0 Å². The van der Waals surface area contributed by atoms with Gasteiger partial charge in [0.25, 0.3) is 0 Å². The molecule has 0 saturated heterocycles. The monoisotopic (exact) mass is 218 g/mol. The minimum Gasteiger partial charge on any atom is -0.314 e. The van der Waals surface area contributed by atoms with Gasteiger partial charge in [0.2, 0.25) is 0 Å². The van der Waals surface area contributed by atoms with Crippen LogP contribution in [0.15, 0.2) is 18.3 Å². The van der Waals surface area contributed by atoms with Crippen molar-refractivity contribution >= 4 is 0 Å². The van der Waals surface area contributed by atoms with E-state index in [2.05, 4.69) is 42.5 Å². The molecule has 2 nitrogen and oxygen atoms in total. The first kappa shape index (κ1) is 11.6. The van der Waals surface area contributed by atoms with Crippen molar-refractivity contribution in [2.75, 3.05) is 6.54 Å². The summed E-state index contributed by atoms with van der Waals surface area (Å²) >= 11 is 0. The van der Waals surface area contributed by atoms with Gasteiger partial charge in [-0.05, 0) is 49.8 Å². The van der Waals surface area contributed by atoms with Crippen molar-refractivity contribution in [3.63, 3.8) is 0 Å². The summed E-state index contributed by atoms with van der Waals surface area (Å²) < 4.78 is 0. The van der Waals surface area contributed by atoms with E-state index in [0.717, 1.165) is 24.1 Å². The lowest BCUT2D eigenvalue weighted by Crippen LogP contribution is -2.36. The van der Waals surface area contributed by atoms with Crippen LogP contribution >= 0.6 is 0 Å². The number of hydrogen-bond acceptors (Lipinski definition) is 2. The lowest BCUT2D eigenvalue weighted by Gasteiger charge is -2.37. The van der Waals surface area contributed by atoms with Gasteiger partial charge in [-0.2, -0.15) is 0 Å². The largest absolute Gasteiger partial charge is 0.314 e.